The molecule has 28 heavy (non-hydrogen) atoms. The van der Waals surface area contributed by atoms with Gasteiger partial charge in [-0.15, -0.1) is 0 Å². The Balaban J connectivity index is 1.73. The van der Waals surface area contributed by atoms with Crippen LogP contribution in [0.15, 0.2) is 36.5 Å². The quantitative estimate of drug-likeness (QED) is 0.579. The van der Waals surface area contributed by atoms with Gasteiger partial charge in [0.25, 0.3) is 5.91 Å². The van der Waals surface area contributed by atoms with Crippen LogP contribution in [0.3, 0.4) is 0 Å². The smallest absolute Gasteiger partial charge is 0.392 e. The van der Waals surface area contributed by atoms with Crippen LogP contribution in [0.4, 0.5) is 32.0 Å². The molecule has 0 saturated heterocycles. The Labute approximate surface area is 154 Å². The monoisotopic (exact) mass is 402 g/mol. The molecule has 0 unspecified atom stereocenters. The Morgan fingerprint density at radius 3 is 2.43 bits per heavy atom. The second kappa shape index (κ2) is 7.45. The third-order valence-electron chi connectivity index (χ3n) is 3.81. The maximum absolute atomic E-state index is 14.0. The number of benzene rings is 2. The molecule has 4 nitrogen and oxygen atoms in total. The molecule has 0 aliphatic heterocycles. The minimum atomic E-state index is -4.43. The van der Waals surface area contributed by atoms with Crippen LogP contribution in [-0.4, -0.2) is 23.7 Å². The van der Waals surface area contributed by atoms with Crippen molar-refractivity contribution in [2.45, 2.75) is 12.6 Å². The largest absolute Gasteiger partial charge is 0.490 e. The number of carbonyl (C=O) groups excluding carboxylic acids is 1. The highest BCUT2D eigenvalue weighted by Gasteiger charge is 2.27. The molecule has 0 aliphatic carbocycles. The number of hydrogen-bond donors (Lipinski definition) is 2. The summed E-state index contributed by atoms with van der Waals surface area (Å²) in [5.41, 5.74) is 0.246. The first-order valence-electron chi connectivity index (χ1n) is 7.90. The molecule has 0 saturated carbocycles. The van der Waals surface area contributed by atoms with E-state index in [0.29, 0.717) is 0 Å². The Kier molecular flexibility index (Phi) is 5.21. The van der Waals surface area contributed by atoms with Gasteiger partial charge in [0.2, 0.25) is 0 Å². The number of rotatable bonds is 5. The lowest BCUT2D eigenvalue weighted by molar-refractivity contribution is -0.139. The van der Waals surface area contributed by atoms with Crippen molar-refractivity contribution in [1.29, 1.82) is 0 Å². The highest BCUT2D eigenvalue weighted by atomic mass is 19.4. The van der Waals surface area contributed by atoms with E-state index in [1.807, 2.05) is 0 Å². The topological polar surface area (TPSA) is 54.1 Å². The predicted octanol–water partition coefficient (Wildman–Crippen LogP) is 5.17. The van der Waals surface area contributed by atoms with Gasteiger partial charge < -0.3 is 15.0 Å². The summed E-state index contributed by atoms with van der Waals surface area (Å²) in [6, 6.07) is 4.82. The summed E-state index contributed by atoms with van der Waals surface area (Å²) in [5, 5.41) is 2.63. The normalized spacial score (nSPS) is 11.6. The van der Waals surface area contributed by atoms with Crippen LogP contribution in [0, 0.1) is 17.5 Å². The van der Waals surface area contributed by atoms with E-state index in [0.717, 1.165) is 30.3 Å². The van der Waals surface area contributed by atoms with Gasteiger partial charge in [-0.25, -0.2) is 13.2 Å². The van der Waals surface area contributed by atoms with Crippen LogP contribution in [0.25, 0.3) is 10.9 Å². The summed E-state index contributed by atoms with van der Waals surface area (Å²) in [6.07, 6.45) is -4.36. The highest BCUT2D eigenvalue weighted by molar-refractivity contribution is 6.09. The third-order valence-corrected chi connectivity index (χ3v) is 3.81. The van der Waals surface area contributed by atoms with E-state index in [1.54, 1.807) is 0 Å². The first kappa shape index (κ1) is 19.6. The van der Waals surface area contributed by atoms with Gasteiger partial charge in [0, 0.05) is 23.2 Å². The van der Waals surface area contributed by atoms with Gasteiger partial charge in [0.05, 0.1) is 24.2 Å². The number of fused-ring (bicyclic) bond motifs is 1. The average Bonchev–Trinajstić information content (AvgIpc) is 2.97. The van der Waals surface area contributed by atoms with E-state index in [2.05, 4.69) is 10.3 Å². The second-order valence-corrected chi connectivity index (χ2v) is 5.83. The number of carbonyl (C=O) groups is 1. The summed E-state index contributed by atoms with van der Waals surface area (Å²) >= 11 is 0. The number of anilines is 1. The number of halogens is 6. The van der Waals surface area contributed by atoms with E-state index in [1.165, 1.54) is 6.20 Å². The molecule has 0 aliphatic rings. The Morgan fingerprint density at radius 2 is 1.75 bits per heavy atom. The number of aromatic amines is 1. The van der Waals surface area contributed by atoms with Crippen LogP contribution in [0.5, 0.6) is 5.75 Å². The van der Waals surface area contributed by atoms with Crippen molar-refractivity contribution in [3.05, 3.63) is 59.5 Å². The van der Waals surface area contributed by atoms with Crippen molar-refractivity contribution in [1.82, 2.24) is 4.98 Å². The number of alkyl halides is 3. The third kappa shape index (κ3) is 4.38. The lowest BCUT2D eigenvalue weighted by Gasteiger charge is -2.10. The lowest BCUT2D eigenvalue weighted by Crippen LogP contribution is -2.14. The van der Waals surface area contributed by atoms with Crippen LogP contribution in [0.1, 0.15) is 16.8 Å². The zero-order valence-electron chi connectivity index (χ0n) is 14.0. The van der Waals surface area contributed by atoms with E-state index >= 15 is 0 Å². The molecule has 0 atom stereocenters. The number of hydrogen-bond acceptors (Lipinski definition) is 2. The number of H-pyrrole nitrogens is 1. The standard InChI is InChI=1S/C18H12F6N2O2/c19-11-6-10-14(7-12(11)20)25-8-15(10)26-17(27)9-1-2-16(13(21)5-9)28-4-3-18(22,23)24/h1-2,5-8,25H,3-4H2,(H,26,27). The fourth-order valence-electron chi connectivity index (χ4n) is 2.45. The summed E-state index contributed by atoms with van der Waals surface area (Å²) in [4.78, 5) is 14.9. The summed E-state index contributed by atoms with van der Waals surface area (Å²) in [7, 11) is 0. The zero-order chi connectivity index (χ0) is 20.5. The van der Waals surface area contributed by atoms with Crippen LogP contribution in [-0.2, 0) is 0 Å². The van der Waals surface area contributed by atoms with Crippen molar-refractivity contribution < 1.29 is 35.9 Å². The van der Waals surface area contributed by atoms with Crippen LogP contribution in [0.2, 0.25) is 0 Å². The van der Waals surface area contributed by atoms with Gasteiger partial charge in [-0.05, 0) is 24.3 Å². The fraction of sp³-hybridized carbons (Fsp3) is 0.167. The Hall–Kier alpha value is -3.17. The maximum atomic E-state index is 14.0. The summed E-state index contributed by atoms with van der Waals surface area (Å²) < 4.78 is 81.6. The molecule has 1 amide bonds. The highest BCUT2D eigenvalue weighted by Crippen LogP contribution is 2.27. The van der Waals surface area contributed by atoms with Gasteiger partial charge in [-0.3, -0.25) is 4.79 Å². The molecule has 0 radical (unpaired) electrons. The molecular weight excluding hydrogens is 390 g/mol. The second-order valence-electron chi connectivity index (χ2n) is 5.83. The molecule has 148 valence electrons. The molecule has 0 fully saturated rings. The number of amides is 1. The Bertz CT molecular complexity index is 1030. The SMILES string of the molecule is O=C(Nc1c[nH]c2cc(F)c(F)cc12)c1ccc(OCCC(F)(F)F)c(F)c1. The Morgan fingerprint density at radius 1 is 1.04 bits per heavy atom. The first-order valence-corrected chi connectivity index (χ1v) is 7.90. The summed E-state index contributed by atoms with van der Waals surface area (Å²) in [6.45, 7) is -0.760. The number of aromatic nitrogens is 1. The minimum absolute atomic E-state index is 0.141. The van der Waals surface area contributed by atoms with Crippen molar-refractivity contribution >= 4 is 22.5 Å². The van der Waals surface area contributed by atoms with Crippen LogP contribution >= 0.6 is 0 Å². The van der Waals surface area contributed by atoms with Gasteiger partial charge >= 0.3 is 6.18 Å². The maximum Gasteiger partial charge on any atom is 0.392 e. The molecule has 1 aromatic heterocycles. The van der Waals surface area contributed by atoms with Crippen molar-refractivity contribution in [2.24, 2.45) is 0 Å². The molecule has 3 rings (SSSR count). The minimum Gasteiger partial charge on any atom is -0.490 e. The first-order chi connectivity index (χ1) is 13.1. The number of ether oxygens (including phenoxy) is 1. The van der Waals surface area contributed by atoms with Gasteiger partial charge in [0.1, 0.15) is 0 Å². The average molecular weight is 402 g/mol. The van der Waals surface area contributed by atoms with E-state index < -0.39 is 48.3 Å². The van der Waals surface area contributed by atoms with E-state index in [9.17, 15) is 31.1 Å². The van der Waals surface area contributed by atoms with Gasteiger partial charge in [-0.2, -0.15) is 13.2 Å². The van der Waals surface area contributed by atoms with Crippen molar-refractivity contribution in [3.63, 3.8) is 0 Å². The molecule has 0 bridgehead atoms. The van der Waals surface area contributed by atoms with Crippen molar-refractivity contribution in [2.75, 3.05) is 11.9 Å². The van der Waals surface area contributed by atoms with Crippen LogP contribution < -0.4 is 10.1 Å². The van der Waals surface area contributed by atoms with E-state index in [-0.39, 0.29) is 22.2 Å². The number of nitrogens with one attached hydrogen (secondary N) is 2. The molecule has 2 aromatic carbocycles. The summed E-state index contributed by atoms with van der Waals surface area (Å²) in [5.74, 6) is -4.36. The molecular formula is C18H12F6N2O2. The predicted molar refractivity (Wildman–Crippen MR) is 88.7 cm³/mol. The molecule has 0 spiro atoms. The molecule has 10 heteroatoms. The molecule has 1 heterocycles. The van der Waals surface area contributed by atoms with Gasteiger partial charge in [0.15, 0.2) is 23.2 Å². The molecule has 2 N–H and O–H groups in total. The zero-order valence-corrected chi connectivity index (χ0v) is 14.0. The van der Waals surface area contributed by atoms with E-state index in [4.69, 9.17) is 4.74 Å². The van der Waals surface area contributed by atoms with Crippen molar-refractivity contribution in [3.8, 4) is 5.75 Å². The fourth-order valence-corrected chi connectivity index (χ4v) is 2.45. The van der Waals surface area contributed by atoms with Gasteiger partial charge in [-0.1, -0.05) is 0 Å². The lowest BCUT2D eigenvalue weighted by atomic mass is 10.1. The molecule has 3 aromatic rings.